The molecule has 1 aliphatic carbocycles. The predicted octanol–water partition coefficient (Wildman–Crippen LogP) is 3.29. The van der Waals surface area contributed by atoms with Crippen molar-refractivity contribution in [3.8, 4) is 0 Å². The summed E-state index contributed by atoms with van der Waals surface area (Å²) in [6, 6.07) is 14.2. The zero-order valence-corrected chi connectivity index (χ0v) is 15.1. The van der Waals surface area contributed by atoms with Crippen LogP contribution in [0.2, 0.25) is 0 Å². The van der Waals surface area contributed by atoms with Crippen molar-refractivity contribution < 1.29 is 15.0 Å². The Labute approximate surface area is 156 Å². The lowest BCUT2D eigenvalue weighted by Gasteiger charge is -2.32. The summed E-state index contributed by atoms with van der Waals surface area (Å²) in [5, 5.41) is 22.5. The molecule has 5 nitrogen and oxygen atoms in total. The minimum Gasteiger partial charge on any atom is -0.477 e. The molecule has 0 aliphatic heterocycles. The largest absolute Gasteiger partial charge is 0.477 e. The third-order valence-corrected chi connectivity index (χ3v) is 5.40. The van der Waals surface area contributed by atoms with E-state index in [0.717, 1.165) is 28.5 Å². The molecule has 2 N–H and O–H groups in total. The third-order valence-electron chi connectivity index (χ3n) is 5.40. The number of carbonyl (C=O) groups is 1. The van der Waals surface area contributed by atoms with E-state index in [4.69, 9.17) is 0 Å². The molecule has 0 bridgehead atoms. The fraction of sp³-hybridized carbons (Fsp3) is 0.273. The first kappa shape index (κ1) is 17.5. The number of aromatic nitrogens is 1. The number of nitrogens with zero attached hydrogens (tertiary/aromatic N) is 1. The van der Waals surface area contributed by atoms with Gasteiger partial charge in [0.05, 0.1) is 11.2 Å². The average Bonchev–Trinajstić information content (AvgIpc) is 2.63. The van der Waals surface area contributed by atoms with Gasteiger partial charge in [-0.1, -0.05) is 36.4 Å². The maximum atomic E-state index is 12.7. The first-order valence-electron chi connectivity index (χ1n) is 9.07. The van der Waals surface area contributed by atoms with Gasteiger partial charge in [0.1, 0.15) is 5.56 Å². The van der Waals surface area contributed by atoms with Gasteiger partial charge in [0.15, 0.2) is 0 Å². The van der Waals surface area contributed by atoms with Crippen molar-refractivity contribution in [1.82, 2.24) is 4.57 Å². The number of carboxylic acid groups (broad SMARTS) is 1. The lowest BCUT2D eigenvalue weighted by Crippen LogP contribution is -2.38. The SMILES string of the molecule is CC1(O)CCCc2c1c(=O)c(C(=O)O)cn2Cc1ccc2ccccc2c1. The molecule has 0 saturated heterocycles. The van der Waals surface area contributed by atoms with Crippen LogP contribution in [-0.2, 0) is 18.6 Å². The number of hydrogen-bond donors (Lipinski definition) is 2. The van der Waals surface area contributed by atoms with Crippen molar-refractivity contribution in [2.75, 3.05) is 0 Å². The van der Waals surface area contributed by atoms with Crippen LogP contribution >= 0.6 is 0 Å². The van der Waals surface area contributed by atoms with Crippen molar-refractivity contribution in [3.05, 3.63) is 81.3 Å². The van der Waals surface area contributed by atoms with Crippen LogP contribution < -0.4 is 5.43 Å². The highest BCUT2D eigenvalue weighted by molar-refractivity contribution is 5.87. The van der Waals surface area contributed by atoms with Crippen molar-refractivity contribution in [1.29, 1.82) is 0 Å². The van der Waals surface area contributed by atoms with Crippen LogP contribution in [0, 0.1) is 0 Å². The zero-order valence-electron chi connectivity index (χ0n) is 15.1. The molecule has 1 unspecified atom stereocenters. The predicted molar refractivity (Wildman–Crippen MR) is 103 cm³/mol. The number of aromatic carboxylic acids is 1. The van der Waals surface area contributed by atoms with E-state index in [1.807, 2.05) is 41.0 Å². The van der Waals surface area contributed by atoms with Crippen LogP contribution in [-0.4, -0.2) is 20.7 Å². The standard InChI is InChI=1S/C22H21NO4/c1-22(27)10-4-7-18-19(22)20(24)17(21(25)26)13-23(18)12-14-8-9-15-5-2-3-6-16(15)11-14/h2-3,5-6,8-9,11,13,27H,4,7,10,12H2,1H3,(H,25,26). The van der Waals surface area contributed by atoms with Gasteiger partial charge in [-0.15, -0.1) is 0 Å². The lowest BCUT2D eigenvalue weighted by molar-refractivity contribution is 0.0357. The fourth-order valence-corrected chi connectivity index (χ4v) is 4.08. The van der Waals surface area contributed by atoms with Gasteiger partial charge in [-0.2, -0.15) is 0 Å². The van der Waals surface area contributed by atoms with Gasteiger partial charge >= 0.3 is 5.97 Å². The Balaban J connectivity index is 1.87. The van der Waals surface area contributed by atoms with Crippen LogP contribution in [0.1, 0.15) is 46.9 Å². The van der Waals surface area contributed by atoms with Crippen LogP contribution in [0.5, 0.6) is 0 Å². The normalized spacial score (nSPS) is 19.0. The molecule has 27 heavy (non-hydrogen) atoms. The molecule has 3 aromatic rings. The molecule has 1 aliphatic rings. The molecule has 0 spiro atoms. The second kappa shape index (κ2) is 6.35. The molecule has 0 saturated carbocycles. The first-order valence-corrected chi connectivity index (χ1v) is 9.07. The molecule has 0 amide bonds. The van der Waals surface area contributed by atoms with E-state index in [-0.39, 0.29) is 11.1 Å². The van der Waals surface area contributed by atoms with Crippen LogP contribution in [0.4, 0.5) is 0 Å². The molecular formula is C22H21NO4. The Hall–Kier alpha value is -2.92. The number of rotatable bonds is 3. The van der Waals surface area contributed by atoms with E-state index in [1.54, 1.807) is 6.92 Å². The molecule has 1 atom stereocenters. The number of benzene rings is 2. The van der Waals surface area contributed by atoms with E-state index in [2.05, 4.69) is 6.07 Å². The minimum absolute atomic E-state index is 0.231. The number of hydrogen-bond acceptors (Lipinski definition) is 3. The maximum Gasteiger partial charge on any atom is 0.341 e. The molecule has 4 rings (SSSR count). The van der Waals surface area contributed by atoms with Gasteiger partial charge in [-0.25, -0.2) is 4.79 Å². The summed E-state index contributed by atoms with van der Waals surface area (Å²) >= 11 is 0. The van der Waals surface area contributed by atoms with Gasteiger partial charge in [0, 0.05) is 18.4 Å². The Bertz CT molecular complexity index is 1110. The van der Waals surface area contributed by atoms with Gasteiger partial charge in [-0.05, 0) is 48.6 Å². The third kappa shape index (κ3) is 3.04. The zero-order chi connectivity index (χ0) is 19.2. The summed E-state index contributed by atoms with van der Waals surface area (Å²) < 4.78 is 1.82. The maximum absolute atomic E-state index is 12.7. The summed E-state index contributed by atoms with van der Waals surface area (Å²) in [4.78, 5) is 24.3. The van der Waals surface area contributed by atoms with Crippen molar-refractivity contribution in [2.24, 2.45) is 0 Å². The Kier molecular flexibility index (Phi) is 4.12. The quantitative estimate of drug-likeness (QED) is 0.748. The van der Waals surface area contributed by atoms with Gasteiger partial charge in [0.2, 0.25) is 5.43 Å². The second-order valence-electron chi connectivity index (χ2n) is 7.44. The number of carboxylic acids is 1. The average molecular weight is 363 g/mol. The van der Waals surface area contributed by atoms with Crippen molar-refractivity contribution >= 4 is 16.7 Å². The summed E-state index contributed by atoms with van der Waals surface area (Å²) in [5.74, 6) is -1.27. The summed E-state index contributed by atoms with van der Waals surface area (Å²) in [6.45, 7) is 2.04. The van der Waals surface area contributed by atoms with Gasteiger partial charge in [0.25, 0.3) is 0 Å². The molecule has 138 valence electrons. The fourth-order valence-electron chi connectivity index (χ4n) is 4.08. The van der Waals surface area contributed by atoms with Crippen LogP contribution in [0.15, 0.2) is 53.5 Å². The topological polar surface area (TPSA) is 79.5 Å². The highest BCUT2D eigenvalue weighted by Gasteiger charge is 2.35. The lowest BCUT2D eigenvalue weighted by atomic mass is 9.81. The number of pyridine rings is 1. The molecule has 0 radical (unpaired) electrons. The molecule has 5 heteroatoms. The monoisotopic (exact) mass is 363 g/mol. The Morgan fingerprint density at radius 2 is 1.93 bits per heavy atom. The molecule has 1 aromatic heterocycles. The minimum atomic E-state index is -1.30. The van der Waals surface area contributed by atoms with E-state index >= 15 is 0 Å². The van der Waals surface area contributed by atoms with E-state index in [1.165, 1.54) is 6.20 Å². The summed E-state index contributed by atoms with van der Waals surface area (Å²) in [6.07, 6.45) is 3.27. The first-order chi connectivity index (χ1) is 12.9. The number of aliphatic hydroxyl groups is 1. The molecule has 1 heterocycles. The molecule has 2 aromatic carbocycles. The van der Waals surface area contributed by atoms with E-state index < -0.39 is 17.0 Å². The van der Waals surface area contributed by atoms with Gasteiger partial charge < -0.3 is 14.8 Å². The molecular weight excluding hydrogens is 342 g/mol. The van der Waals surface area contributed by atoms with Crippen LogP contribution in [0.3, 0.4) is 0 Å². The van der Waals surface area contributed by atoms with E-state index in [9.17, 15) is 19.8 Å². The summed E-state index contributed by atoms with van der Waals surface area (Å²) in [7, 11) is 0. The Morgan fingerprint density at radius 3 is 2.67 bits per heavy atom. The highest BCUT2D eigenvalue weighted by atomic mass is 16.4. The van der Waals surface area contributed by atoms with Gasteiger partial charge in [-0.3, -0.25) is 4.79 Å². The van der Waals surface area contributed by atoms with Crippen molar-refractivity contribution in [2.45, 2.75) is 38.3 Å². The smallest absolute Gasteiger partial charge is 0.341 e. The van der Waals surface area contributed by atoms with E-state index in [0.29, 0.717) is 19.4 Å². The summed E-state index contributed by atoms with van der Waals surface area (Å²) in [5.41, 5.74) is -0.194. The van der Waals surface area contributed by atoms with Crippen molar-refractivity contribution in [3.63, 3.8) is 0 Å². The number of fused-ring (bicyclic) bond motifs is 2. The molecule has 0 fully saturated rings. The second-order valence-corrected chi connectivity index (χ2v) is 7.44. The highest BCUT2D eigenvalue weighted by Crippen LogP contribution is 2.33. The van der Waals surface area contributed by atoms with Crippen LogP contribution in [0.25, 0.3) is 10.8 Å². The Morgan fingerprint density at radius 1 is 1.19 bits per heavy atom.